The Morgan fingerprint density at radius 1 is 1.50 bits per heavy atom. The lowest BCUT2D eigenvalue weighted by atomic mass is 9.97. The summed E-state index contributed by atoms with van der Waals surface area (Å²) in [5.41, 5.74) is 0. The summed E-state index contributed by atoms with van der Waals surface area (Å²) in [6.07, 6.45) is 0.549. The summed E-state index contributed by atoms with van der Waals surface area (Å²) in [6, 6.07) is -0.523. The molecule has 1 rings (SSSR count). The van der Waals surface area contributed by atoms with E-state index in [1.807, 2.05) is 13.8 Å². The zero-order valence-corrected chi connectivity index (χ0v) is 10.1. The third-order valence-electron chi connectivity index (χ3n) is 3.06. The van der Waals surface area contributed by atoms with Gasteiger partial charge in [0.2, 0.25) is 5.91 Å². The molecule has 1 aliphatic rings. The first kappa shape index (κ1) is 13.0. The molecule has 1 unspecified atom stereocenters. The van der Waals surface area contributed by atoms with Gasteiger partial charge in [0.15, 0.2) is 0 Å². The van der Waals surface area contributed by atoms with Crippen LogP contribution >= 0.6 is 0 Å². The van der Waals surface area contributed by atoms with Crippen molar-refractivity contribution < 1.29 is 14.3 Å². The van der Waals surface area contributed by atoms with Crippen molar-refractivity contribution in [3.05, 3.63) is 0 Å². The molecule has 1 heterocycles. The SMILES string of the molecule is CCC(NC(=O)[C@@H]1CNC[C@H]1C)C(=O)OC. The monoisotopic (exact) mass is 228 g/mol. The normalized spacial score (nSPS) is 26.2. The molecular weight excluding hydrogens is 208 g/mol. The molecular formula is C11H20N2O3. The van der Waals surface area contributed by atoms with Crippen LogP contribution in [0, 0.1) is 11.8 Å². The summed E-state index contributed by atoms with van der Waals surface area (Å²) in [6.45, 7) is 5.42. The Balaban J connectivity index is 2.51. The summed E-state index contributed by atoms with van der Waals surface area (Å²) < 4.78 is 4.62. The number of hydrogen-bond donors (Lipinski definition) is 2. The van der Waals surface area contributed by atoms with Crippen LogP contribution in [-0.2, 0) is 14.3 Å². The molecule has 0 aromatic carbocycles. The summed E-state index contributed by atoms with van der Waals surface area (Å²) >= 11 is 0. The second-order valence-corrected chi connectivity index (χ2v) is 4.23. The Bertz CT molecular complexity index is 268. The second-order valence-electron chi connectivity index (χ2n) is 4.23. The van der Waals surface area contributed by atoms with Gasteiger partial charge in [-0.1, -0.05) is 13.8 Å². The zero-order valence-electron chi connectivity index (χ0n) is 10.1. The van der Waals surface area contributed by atoms with Gasteiger partial charge < -0.3 is 15.4 Å². The smallest absolute Gasteiger partial charge is 0.328 e. The minimum Gasteiger partial charge on any atom is -0.467 e. The highest BCUT2D eigenvalue weighted by Gasteiger charge is 2.31. The highest BCUT2D eigenvalue weighted by Crippen LogP contribution is 2.16. The molecule has 5 nitrogen and oxygen atoms in total. The molecule has 0 spiro atoms. The van der Waals surface area contributed by atoms with Gasteiger partial charge in [-0.3, -0.25) is 4.79 Å². The van der Waals surface area contributed by atoms with Gasteiger partial charge in [0.05, 0.1) is 13.0 Å². The number of methoxy groups -OCH3 is 1. The Morgan fingerprint density at radius 2 is 2.19 bits per heavy atom. The van der Waals surface area contributed by atoms with Gasteiger partial charge in [0.1, 0.15) is 6.04 Å². The van der Waals surface area contributed by atoms with E-state index in [1.54, 1.807) is 0 Å². The van der Waals surface area contributed by atoms with E-state index >= 15 is 0 Å². The van der Waals surface area contributed by atoms with Crippen molar-refractivity contribution >= 4 is 11.9 Å². The van der Waals surface area contributed by atoms with Gasteiger partial charge in [-0.2, -0.15) is 0 Å². The molecule has 92 valence electrons. The fraction of sp³-hybridized carbons (Fsp3) is 0.818. The molecule has 1 amide bonds. The third-order valence-corrected chi connectivity index (χ3v) is 3.06. The lowest BCUT2D eigenvalue weighted by Crippen LogP contribution is -2.45. The number of hydrogen-bond acceptors (Lipinski definition) is 4. The first-order chi connectivity index (χ1) is 7.60. The van der Waals surface area contributed by atoms with Crippen molar-refractivity contribution in [3.63, 3.8) is 0 Å². The van der Waals surface area contributed by atoms with Crippen LogP contribution in [0.2, 0.25) is 0 Å². The predicted molar refractivity (Wildman–Crippen MR) is 59.8 cm³/mol. The fourth-order valence-corrected chi connectivity index (χ4v) is 1.91. The van der Waals surface area contributed by atoms with Crippen molar-refractivity contribution in [2.24, 2.45) is 11.8 Å². The van der Waals surface area contributed by atoms with E-state index in [9.17, 15) is 9.59 Å². The highest BCUT2D eigenvalue weighted by molar-refractivity contribution is 5.86. The van der Waals surface area contributed by atoms with Gasteiger partial charge in [0.25, 0.3) is 0 Å². The Labute approximate surface area is 95.9 Å². The third kappa shape index (κ3) is 2.95. The van der Waals surface area contributed by atoms with Crippen molar-refractivity contribution in [1.82, 2.24) is 10.6 Å². The largest absolute Gasteiger partial charge is 0.467 e. The van der Waals surface area contributed by atoms with Crippen LogP contribution in [0.3, 0.4) is 0 Å². The maximum absolute atomic E-state index is 11.9. The standard InChI is InChI=1S/C11H20N2O3/c1-4-9(11(15)16-3)13-10(14)8-6-12-5-7(8)2/h7-9,12H,4-6H2,1-3H3,(H,13,14)/t7-,8-,9?/m1/s1. The maximum atomic E-state index is 11.9. The van der Waals surface area contributed by atoms with Gasteiger partial charge in [0, 0.05) is 6.54 Å². The number of nitrogens with one attached hydrogen (secondary N) is 2. The maximum Gasteiger partial charge on any atom is 0.328 e. The highest BCUT2D eigenvalue weighted by atomic mass is 16.5. The summed E-state index contributed by atoms with van der Waals surface area (Å²) in [4.78, 5) is 23.2. The van der Waals surface area contributed by atoms with E-state index in [-0.39, 0.29) is 17.8 Å². The quantitative estimate of drug-likeness (QED) is 0.660. The minimum atomic E-state index is -0.523. The lowest BCUT2D eigenvalue weighted by Gasteiger charge is -2.19. The molecule has 0 saturated carbocycles. The van der Waals surface area contributed by atoms with Crippen molar-refractivity contribution in [3.8, 4) is 0 Å². The number of ether oxygens (including phenoxy) is 1. The number of amides is 1. The van der Waals surface area contributed by atoms with E-state index in [0.29, 0.717) is 18.9 Å². The zero-order chi connectivity index (χ0) is 12.1. The Hall–Kier alpha value is -1.10. The van der Waals surface area contributed by atoms with Crippen molar-refractivity contribution in [2.75, 3.05) is 20.2 Å². The average molecular weight is 228 g/mol. The van der Waals surface area contributed by atoms with E-state index in [2.05, 4.69) is 15.4 Å². The predicted octanol–water partition coefficient (Wildman–Crippen LogP) is -0.0903. The van der Waals surface area contributed by atoms with Gasteiger partial charge in [-0.05, 0) is 18.9 Å². The molecule has 5 heteroatoms. The molecule has 0 bridgehead atoms. The van der Waals surface area contributed by atoms with Crippen molar-refractivity contribution in [2.45, 2.75) is 26.3 Å². The molecule has 1 fully saturated rings. The van der Waals surface area contributed by atoms with Crippen LogP contribution in [0.25, 0.3) is 0 Å². The molecule has 1 aliphatic heterocycles. The number of carbonyl (C=O) groups excluding carboxylic acids is 2. The van der Waals surface area contributed by atoms with Gasteiger partial charge in [-0.25, -0.2) is 4.79 Å². The summed E-state index contributed by atoms with van der Waals surface area (Å²) in [5.74, 6) is -0.168. The molecule has 3 atom stereocenters. The fourth-order valence-electron chi connectivity index (χ4n) is 1.91. The van der Waals surface area contributed by atoms with Crippen LogP contribution in [0.4, 0.5) is 0 Å². The van der Waals surface area contributed by atoms with Crippen molar-refractivity contribution in [1.29, 1.82) is 0 Å². The first-order valence-corrected chi connectivity index (χ1v) is 5.69. The van der Waals surface area contributed by atoms with Gasteiger partial charge in [-0.15, -0.1) is 0 Å². The van der Waals surface area contributed by atoms with E-state index in [0.717, 1.165) is 6.54 Å². The van der Waals surface area contributed by atoms with E-state index in [4.69, 9.17) is 0 Å². The minimum absolute atomic E-state index is 0.0429. The van der Waals surface area contributed by atoms with Crippen LogP contribution in [0.1, 0.15) is 20.3 Å². The van der Waals surface area contributed by atoms with Crippen LogP contribution < -0.4 is 10.6 Å². The topological polar surface area (TPSA) is 67.4 Å². The molecule has 2 N–H and O–H groups in total. The summed E-state index contributed by atoms with van der Waals surface area (Å²) in [5, 5.41) is 5.90. The first-order valence-electron chi connectivity index (χ1n) is 5.69. The number of carbonyl (C=O) groups is 2. The average Bonchev–Trinajstić information content (AvgIpc) is 2.71. The van der Waals surface area contributed by atoms with Crippen LogP contribution in [0.5, 0.6) is 0 Å². The van der Waals surface area contributed by atoms with E-state index < -0.39 is 6.04 Å². The molecule has 0 radical (unpaired) electrons. The molecule has 0 aliphatic carbocycles. The molecule has 0 aromatic heterocycles. The Kier molecular flexibility index (Phi) is 4.73. The Morgan fingerprint density at radius 3 is 2.62 bits per heavy atom. The molecule has 16 heavy (non-hydrogen) atoms. The molecule has 1 saturated heterocycles. The number of esters is 1. The van der Waals surface area contributed by atoms with Gasteiger partial charge >= 0.3 is 5.97 Å². The van der Waals surface area contributed by atoms with E-state index in [1.165, 1.54) is 7.11 Å². The molecule has 0 aromatic rings. The van der Waals surface area contributed by atoms with Crippen LogP contribution in [-0.4, -0.2) is 38.1 Å². The lowest BCUT2D eigenvalue weighted by molar-refractivity contribution is -0.145. The summed E-state index contributed by atoms with van der Waals surface area (Å²) in [7, 11) is 1.33. The number of rotatable bonds is 4. The second kappa shape index (κ2) is 5.84. The van der Waals surface area contributed by atoms with Crippen LogP contribution in [0.15, 0.2) is 0 Å².